The predicted octanol–water partition coefficient (Wildman–Crippen LogP) is 9.50. The topological polar surface area (TPSA) is 61.9 Å². The monoisotopic (exact) mass is 776 g/mol. The van der Waals surface area contributed by atoms with E-state index in [1.54, 1.807) is 21.3 Å². The number of likely N-dealkylation sites (N-methyl/N-ethyl adjacent to an activating group) is 2. The van der Waals surface area contributed by atoms with Crippen molar-refractivity contribution in [2.45, 2.75) is 44.4 Å². The minimum atomic E-state index is -0.0309. The van der Waals surface area contributed by atoms with Crippen LogP contribution in [0.1, 0.15) is 51.0 Å². The minimum Gasteiger partial charge on any atom is -0.493 e. The summed E-state index contributed by atoms with van der Waals surface area (Å²) < 4.78 is 39.2. The van der Waals surface area contributed by atoms with E-state index in [4.69, 9.17) is 28.4 Å². The van der Waals surface area contributed by atoms with Crippen LogP contribution >= 0.6 is 15.9 Å². The molecule has 274 valence electrons. The zero-order valence-electron chi connectivity index (χ0n) is 30.9. The maximum absolute atomic E-state index is 7.09. The zero-order chi connectivity index (χ0) is 36.6. The van der Waals surface area contributed by atoms with Gasteiger partial charge in [-0.3, -0.25) is 9.80 Å². The summed E-state index contributed by atoms with van der Waals surface area (Å²) in [6.07, 6.45) is 3.31. The fourth-order valence-electron chi connectivity index (χ4n) is 7.97. The minimum absolute atomic E-state index is 0.0309. The van der Waals surface area contributed by atoms with Gasteiger partial charge in [-0.25, -0.2) is 0 Å². The summed E-state index contributed by atoms with van der Waals surface area (Å²) in [5.74, 6) is 5.34. The first-order valence-corrected chi connectivity index (χ1v) is 18.9. The van der Waals surface area contributed by atoms with Crippen molar-refractivity contribution >= 4 is 15.9 Å². The lowest BCUT2D eigenvalue weighted by Gasteiger charge is -2.37. The van der Waals surface area contributed by atoms with Crippen molar-refractivity contribution in [2.24, 2.45) is 0 Å². The Hall–Kier alpha value is -4.70. The number of hydrogen-bond acceptors (Lipinski definition) is 8. The van der Waals surface area contributed by atoms with Crippen LogP contribution in [0.15, 0.2) is 89.4 Å². The Kier molecular flexibility index (Phi) is 9.98. The van der Waals surface area contributed by atoms with Crippen LogP contribution in [0.2, 0.25) is 0 Å². The highest BCUT2D eigenvalue weighted by molar-refractivity contribution is 9.10. The molecule has 0 aromatic heterocycles. The lowest BCUT2D eigenvalue weighted by Crippen LogP contribution is -2.34. The van der Waals surface area contributed by atoms with Gasteiger partial charge in [0.1, 0.15) is 12.4 Å². The van der Waals surface area contributed by atoms with Gasteiger partial charge in [-0.1, -0.05) is 46.3 Å². The van der Waals surface area contributed by atoms with Crippen molar-refractivity contribution in [3.05, 3.63) is 128 Å². The second-order valence-corrected chi connectivity index (χ2v) is 15.1. The largest absolute Gasteiger partial charge is 0.493 e. The fraction of sp³-hybridized carbons (Fsp3) is 0.318. The number of ether oxygens (including phenoxy) is 6. The third-order valence-electron chi connectivity index (χ3n) is 10.9. The van der Waals surface area contributed by atoms with Crippen molar-refractivity contribution in [3.63, 3.8) is 0 Å². The molecular weight excluding hydrogens is 732 g/mol. The van der Waals surface area contributed by atoms with Gasteiger partial charge in [0, 0.05) is 35.2 Å². The van der Waals surface area contributed by atoms with E-state index in [2.05, 4.69) is 107 Å². The third-order valence-corrected chi connectivity index (χ3v) is 11.5. The lowest BCUT2D eigenvalue weighted by atomic mass is 9.87. The van der Waals surface area contributed by atoms with Gasteiger partial charge >= 0.3 is 0 Å². The Bertz CT molecular complexity index is 2120. The molecule has 0 saturated carbocycles. The van der Waals surface area contributed by atoms with Gasteiger partial charge in [0.25, 0.3) is 0 Å². The summed E-state index contributed by atoms with van der Waals surface area (Å²) in [4.78, 5) is 4.83. The van der Waals surface area contributed by atoms with Crippen molar-refractivity contribution < 1.29 is 28.4 Å². The number of hydrogen-bond donors (Lipinski definition) is 0. The molecule has 0 fully saturated rings. The molecule has 53 heavy (non-hydrogen) atoms. The van der Waals surface area contributed by atoms with E-state index in [-0.39, 0.29) is 12.1 Å². The van der Waals surface area contributed by atoms with E-state index in [0.29, 0.717) is 53.3 Å². The number of rotatable bonds is 6. The SMILES string of the molecule is COc1cc2c3cc1Oc1c(OC)c(OC)cc4c1[C@@H](Cc1ccc(OCc5ccc(Br)cc5)c(c1)Oc1ccc(cc1)C[C@@H]3N(C)CC2)N(C)CC4. The smallest absolute Gasteiger partial charge is 0.204 e. The first-order chi connectivity index (χ1) is 25.8. The average molecular weight is 778 g/mol. The molecule has 8 nitrogen and oxygen atoms in total. The molecule has 5 aromatic rings. The molecule has 4 heterocycles. The molecule has 0 amide bonds. The van der Waals surface area contributed by atoms with E-state index in [1.165, 1.54) is 22.3 Å². The van der Waals surface area contributed by atoms with Gasteiger partial charge in [0.05, 0.1) is 21.3 Å². The summed E-state index contributed by atoms with van der Waals surface area (Å²) in [6, 6.07) is 29.5. The molecule has 0 unspecified atom stereocenters. The quantitative estimate of drug-likeness (QED) is 0.169. The molecule has 2 atom stereocenters. The Labute approximate surface area is 320 Å². The van der Waals surface area contributed by atoms with Crippen LogP contribution in [0.5, 0.6) is 46.0 Å². The number of benzene rings is 5. The number of methoxy groups -OCH3 is 3. The second kappa shape index (κ2) is 15.0. The van der Waals surface area contributed by atoms with Crippen molar-refractivity contribution in [2.75, 3.05) is 48.5 Å². The zero-order valence-corrected chi connectivity index (χ0v) is 32.5. The Balaban J connectivity index is 1.29. The summed E-state index contributed by atoms with van der Waals surface area (Å²) in [5.41, 5.74) is 8.17. The van der Waals surface area contributed by atoms with Gasteiger partial charge in [-0.05, 0) is 128 Å². The van der Waals surface area contributed by atoms with Crippen LogP contribution in [0, 0.1) is 0 Å². The Morgan fingerprint density at radius 3 is 2.06 bits per heavy atom. The highest BCUT2D eigenvalue weighted by Gasteiger charge is 2.35. The van der Waals surface area contributed by atoms with Crippen LogP contribution in [-0.2, 0) is 32.3 Å². The van der Waals surface area contributed by atoms with Crippen LogP contribution in [0.4, 0.5) is 0 Å². The number of nitrogens with zero attached hydrogens (tertiary/aromatic N) is 2. The maximum atomic E-state index is 7.09. The molecular formula is C44H45BrN2O6. The molecule has 0 saturated heterocycles. The second-order valence-electron chi connectivity index (χ2n) is 14.2. The van der Waals surface area contributed by atoms with Crippen LogP contribution in [-0.4, -0.2) is 58.3 Å². The highest BCUT2D eigenvalue weighted by atomic mass is 79.9. The van der Waals surface area contributed by atoms with Crippen molar-refractivity contribution in [3.8, 4) is 46.0 Å². The molecule has 4 aliphatic rings. The molecule has 4 aliphatic heterocycles. The summed E-state index contributed by atoms with van der Waals surface area (Å²) in [6.45, 7) is 2.25. The van der Waals surface area contributed by atoms with Gasteiger partial charge in [0.15, 0.2) is 34.5 Å². The summed E-state index contributed by atoms with van der Waals surface area (Å²) in [5, 5.41) is 0. The standard InChI is InChI=1S/C44H45BrN2O6/c1-46-18-16-30-23-38(48-3)40-25-34(30)35(46)20-27-8-13-33(14-9-27)52-39-22-29(10-15-37(39)51-26-28-6-11-32(45)12-7-28)21-36-42-31(17-19-47(36)2)24-41(49-4)43(50-5)44(42)53-40/h6-15,22-25,35-36H,16-21,26H2,1-5H3/t35-,36+/m0/s1. The summed E-state index contributed by atoms with van der Waals surface area (Å²) >= 11 is 3.53. The van der Waals surface area contributed by atoms with E-state index < -0.39 is 0 Å². The summed E-state index contributed by atoms with van der Waals surface area (Å²) in [7, 11) is 9.44. The van der Waals surface area contributed by atoms with Crippen molar-refractivity contribution in [1.82, 2.24) is 9.80 Å². The maximum Gasteiger partial charge on any atom is 0.204 e. The van der Waals surface area contributed by atoms with E-state index in [1.807, 2.05) is 18.2 Å². The van der Waals surface area contributed by atoms with Crippen molar-refractivity contribution in [1.29, 1.82) is 0 Å². The molecule has 0 spiro atoms. The van der Waals surface area contributed by atoms with Gasteiger partial charge in [-0.2, -0.15) is 0 Å². The van der Waals surface area contributed by atoms with Gasteiger partial charge in [-0.15, -0.1) is 0 Å². The third kappa shape index (κ3) is 7.05. The molecule has 0 radical (unpaired) electrons. The molecule has 6 bridgehead atoms. The first-order valence-electron chi connectivity index (χ1n) is 18.2. The normalized spacial score (nSPS) is 18.2. The average Bonchev–Trinajstić information content (AvgIpc) is 3.17. The number of fused-ring (bicyclic) bond motifs is 2. The van der Waals surface area contributed by atoms with E-state index in [0.717, 1.165) is 59.3 Å². The molecule has 0 aliphatic carbocycles. The molecule has 5 aromatic carbocycles. The number of halogens is 1. The molecule has 9 heteroatoms. The highest BCUT2D eigenvalue weighted by Crippen LogP contribution is 2.52. The van der Waals surface area contributed by atoms with Crippen LogP contribution < -0.4 is 28.4 Å². The first kappa shape index (κ1) is 35.3. The van der Waals surface area contributed by atoms with Gasteiger partial charge < -0.3 is 28.4 Å². The molecule has 0 N–H and O–H groups in total. The van der Waals surface area contributed by atoms with Gasteiger partial charge in [0.2, 0.25) is 5.75 Å². The Morgan fingerprint density at radius 1 is 0.660 bits per heavy atom. The van der Waals surface area contributed by atoms with E-state index >= 15 is 0 Å². The van der Waals surface area contributed by atoms with E-state index in [9.17, 15) is 0 Å². The van der Waals surface area contributed by atoms with Crippen LogP contribution in [0.3, 0.4) is 0 Å². The predicted molar refractivity (Wildman–Crippen MR) is 210 cm³/mol. The van der Waals surface area contributed by atoms with Crippen LogP contribution in [0.25, 0.3) is 0 Å². The molecule has 9 rings (SSSR count). The fourth-order valence-corrected chi connectivity index (χ4v) is 8.23. The lowest BCUT2D eigenvalue weighted by molar-refractivity contribution is 0.220. The Morgan fingerprint density at radius 2 is 1.32 bits per heavy atom.